The van der Waals surface area contributed by atoms with Crippen molar-refractivity contribution in [3.63, 3.8) is 0 Å². The van der Waals surface area contributed by atoms with E-state index in [2.05, 4.69) is 15.2 Å². The topological polar surface area (TPSA) is 119 Å². The van der Waals surface area contributed by atoms with Gasteiger partial charge in [-0.15, -0.1) is 0 Å². The van der Waals surface area contributed by atoms with Gasteiger partial charge in [0.15, 0.2) is 11.5 Å². The first kappa shape index (κ1) is 22.9. The molecule has 0 bridgehead atoms. The monoisotopic (exact) mass is 457 g/mol. The third-order valence-corrected chi connectivity index (χ3v) is 5.85. The molecular weight excluding hydrogens is 434 g/mol. The zero-order valence-electron chi connectivity index (χ0n) is 18.0. The Hall–Kier alpha value is -3.79. The number of amides is 1. The predicted octanol–water partition coefficient (Wildman–Crippen LogP) is 3.56. The van der Waals surface area contributed by atoms with E-state index in [-0.39, 0.29) is 16.6 Å². The summed E-state index contributed by atoms with van der Waals surface area (Å²) in [6.45, 7) is 3.35. The Morgan fingerprint density at radius 1 is 1.03 bits per heavy atom. The number of carbonyl (C=O) groups excluding carboxylic acids is 1. The van der Waals surface area contributed by atoms with Gasteiger partial charge in [-0.05, 0) is 49.7 Å². The average Bonchev–Trinajstić information content (AvgIpc) is 3.23. The molecule has 2 aromatic carbocycles. The number of carbonyl (C=O) groups is 1. The van der Waals surface area contributed by atoms with Crippen molar-refractivity contribution in [3.8, 4) is 11.5 Å². The Morgan fingerprint density at radius 2 is 1.78 bits per heavy atom. The van der Waals surface area contributed by atoms with Gasteiger partial charge in [0.1, 0.15) is 5.76 Å². The number of hydrogen-bond donors (Lipinski definition) is 2. The highest BCUT2D eigenvalue weighted by Crippen LogP contribution is 2.29. The Labute approximate surface area is 186 Å². The standard InChI is InChI=1S/C22H23N3O6S/c1-14(24-25-32(27,28)18-8-9-20(29-3)21(13-18)30-4)16-6-5-7-17(12-16)23-22(26)19-10-11-31-15(19)2/h5-13,25H,1-4H3,(H,23,26)/b24-14+. The molecule has 0 aliphatic heterocycles. The zero-order chi connectivity index (χ0) is 23.3. The minimum absolute atomic E-state index is 0.0248. The fraction of sp³-hybridized carbons (Fsp3) is 0.182. The number of hydrazone groups is 1. The lowest BCUT2D eigenvalue weighted by Gasteiger charge is -2.10. The number of methoxy groups -OCH3 is 2. The molecule has 32 heavy (non-hydrogen) atoms. The maximum absolute atomic E-state index is 12.6. The van der Waals surface area contributed by atoms with E-state index in [0.717, 1.165) is 0 Å². The molecule has 0 saturated carbocycles. The van der Waals surface area contributed by atoms with Crippen molar-refractivity contribution in [2.75, 3.05) is 19.5 Å². The van der Waals surface area contributed by atoms with Crippen molar-refractivity contribution in [3.05, 3.63) is 71.7 Å². The highest BCUT2D eigenvalue weighted by atomic mass is 32.2. The van der Waals surface area contributed by atoms with Crippen LogP contribution in [0.5, 0.6) is 11.5 Å². The number of anilines is 1. The normalized spacial score (nSPS) is 11.7. The summed E-state index contributed by atoms with van der Waals surface area (Å²) in [6, 6.07) is 12.7. The van der Waals surface area contributed by atoms with Crippen LogP contribution in [-0.2, 0) is 10.0 Å². The number of sulfonamides is 1. The van der Waals surface area contributed by atoms with Crippen LogP contribution in [0.15, 0.2) is 69.2 Å². The van der Waals surface area contributed by atoms with Gasteiger partial charge in [0.2, 0.25) is 0 Å². The lowest BCUT2D eigenvalue weighted by atomic mass is 10.1. The number of rotatable bonds is 8. The molecule has 10 heteroatoms. The molecule has 3 rings (SSSR count). The molecule has 0 saturated heterocycles. The van der Waals surface area contributed by atoms with Gasteiger partial charge in [0.05, 0.1) is 36.7 Å². The van der Waals surface area contributed by atoms with Gasteiger partial charge in [0.25, 0.3) is 15.9 Å². The van der Waals surface area contributed by atoms with E-state index < -0.39 is 10.0 Å². The molecule has 1 amide bonds. The highest BCUT2D eigenvalue weighted by Gasteiger charge is 2.17. The van der Waals surface area contributed by atoms with Crippen molar-refractivity contribution < 1.29 is 27.1 Å². The van der Waals surface area contributed by atoms with E-state index in [4.69, 9.17) is 13.9 Å². The molecular formula is C22H23N3O6S. The first-order chi connectivity index (χ1) is 15.2. The smallest absolute Gasteiger partial charge is 0.276 e. The molecule has 0 aliphatic rings. The third-order valence-electron chi connectivity index (χ3n) is 4.64. The lowest BCUT2D eigenvalue weighted by molar-refractivity contribution is 0.102. The number of benzene rings is 2. The van der Waals surface area contributed by atoms with Crippen LogP contribution in [-0.4, -0.2) is 34.3 Å². The average molecular weight is 458 g/mol. The summed E-state index contributed by atoms with van der Waals surface area (Å²) in [6.07, 6.45) is 1.45. The second-order valence-electron chi connectivity index (χ2n) is 6.73. The number of nitrogens with one attached hydrogen (secondary N) is 2. The van der Waals surface area contributed by atoms with Crippen LogP contribution in [0, 0.1) is 6.92 Å². The van der Waals surface area contributed by atoms with Crippen molar-refractivity contribution in [2.24, 2.45) is 5.10 Å². The summed E-state index contributed by atoms with van der Waals surface area (Å²) in [5.41, 5.74) is 2.00. The van der Waals surface area contributed by atoms with E-state index in [1.165, 1.54) is 38.7 Å². The molecule has 3 aromatic rings. The number of hydrogen-bond acceptors (Lipinski definition) is 7. The number of ether oxygens (including phenoxy) is 2. The Bertz CT molecular complexity index is 1260. The molecule has 0 atom stereocenters. The summed E-state index contributed by atoms with van der Waals surface area (Å²) in [7, 11) is -1.05. The molecule has 0 unspecified atom stereocenters. The van der Waals surface area contributed by atoms with Gasteiger partial charge in [-0.1, -0.05) is 12.1 Å². The predicted molar refractivity (Wildman–Crippen MR) is 120 cm³/mol. The summed E-state index contributed by atoms with van der Waals surface area (Å²) in [5, 5.41) is 6.79. The van der Waals surface area contributed by atoms with Gasteiger partial charge in [-0.2, -0.15) is 18.4 Å². The Balaban J connectivity index is 1.77. The van der Waals surface area contributed by atoms with Crippen molar-refractivity contribution >= 4 is 27.3 Å². The summed E-state index contributed by atoms with van der Waals surface area (Å²) >= 11 is 0. The zero-order valence-corrected chi connectivity index (χ0v) is 18.8. The van der Waals surface area contributed by atoms with E-state index in [1.807, 2.05) is 0 Å². The molecule has 0 fully saturated rings. The molecule has 0 radical (unpaired) electrons. The van der Waals surface area contributed by atoms with Crippen molar-refractivity contribution in [2.45, 2.75) is 18.7 Å². The molecule has 168 valence electrons. The van der Waals surface area contributed by atoms with E-state index in [0.29, 0.717) is 34.0 Å². The first-order valence-electron chi connectivity index (χ1n) is 9.49. The fourth-order valence-corrected chi connectivity index (χ4v) is 3.74. The lowest BCUT2D eigenvalue weighted by Crippen LogP contribution is -2.20. The van der Waals surface area contributed by atoms with Crippen LogP contribution in [0.25, 0.3) is 0 Å². The second kappa shape index (κ2) is 9.56. The van der Waals surface area contributed by atoms with Gasteiger partial charge in [-0.25, -0.2) is 0 Å². The second-order valence-corrected chi connectivity index (χ2v) is 8.39. The van der Waals surface area contributed by atoms with Crippen LogP contribution >= 0.6 is 0 Å². The van der Waals surface area contributed by atoms with Crippen LogP contribution in [0.1, 0.15) is 28.6 Å². The molecule has 0 spiro atoms. The number of furan rings is 1. The van der Waals surface area contributed by atoms with E-state index >= 15 is 0 Å². The fourth-order valence-electron chi connectivity index (χ4n) is 2.87. The Morgan fingerprint density at radius 3 is 2.44 bits per heavy atom. The first-order valence-corrected chi connectivity index (χ1v) is 11.0. The minimum Gasteiger partial charge on any atom is -0.493 e. The molecule has 1 aromatic heterocycles. The van der Waals surface area contributed by atoms with E-state index in [1.54, 1.807) is 44.2 Å². The van der Waals surface area contributed by atoms with Crippen LogP contribution in [0.3, 0.4) is 0 Å². The van der Waals surface area contributed by atoms with Gasteiger partial charge < -0.3 is 19.2 Å². The third kappa shape index (κ3) is 5.09. The summed E-state index contributed by atoms with van der Waals surface area (Å²) in [4.78, 5) is 14.6. The maximum Gasteiger partial charge on any atom is 0.276 e. The van der Waals surface area contributed by atoms with Crippen molar-refractivity contribution in [1.29, 1.82) is 0 Å². The number of nitrogens with zero attached hydrogens (tertiary/aromatic N) is 1. The molecule has 0 aliphatic carbocycles. The highest BCUT2D eigenvalue weighted by molar-refractivity contribution is 7.89. The molecule has 2 N–H and O–H groups in total. The minimum atomic E-state index is -3.94. The number of aryl methyl sites for hydroxylation is 1. The SMILES string of the molecule is COc1ccc(S(=O)(=O)N/N=C(\C)c2cccc(NC(=O)c3ccoc3C)c2)cc1OC. The van der Waals surface area contributed by atoms with Crippen LogP contribution in [0.4, 0.5) is 5.69 Å². The van der Waals surface area contributed by atoms with Crippen LogP contribution in [0.2, 0.25) is 0 Å². The van der Waals surface area contributed by atoms with Crippen LogP contribution < -0.4 is 19.6 Å². The summed E-state index contributed by atoms with van der Waals surface area (Å²) in [5.74, 6) is 0.904. The largest absolute Gasteiger partial charge is 0.493 e. The maximum atomic E-state index is 12.6. The van der Waals surface area contributed by atoms with Gasteiger partial charge in [0, 0.05) is 11.8 Å². The van der Waals surface area contributed by atoms with Gasteiger partial charge >= 0.3 is 0 Å². The molecule has 9 nitrogen and oxygen atoms in total. The molecule has 1 heterocycles. The Kier molecular flexibility index (Phi) is 6.84. The van der Waals surface area contributed by atoms with Gasteiger partial charge in [-0.3, -0.25) is 4.79 Å². The van der Waals surface area contributed by atoms with Crippen molar-refractivity contribution in [1.82, 2.24) is 4.83 Å². The summed E-state index contributed by atoms with van der Waals surface area (Å²) < 4.78 is 40.7. The van der Waals surface area contributed by atoms with E-state index in [9.17, 15) is 13.2 Å². The quantitative estimate of drug-likeness (QED) is 0.394.